The summed E-state index contributed by atoms with van der Waals surface area (Å²) in [7, 11) is 0. The highest BCUT2D eigenvalue weighted by atomic mass is 19.1. The minimum absolute atomic E-state index is 0.00295. The van der Waals surface area contributed by atoms with E-state index in [9.17, 15) is 9.18 Å². The van der Waals surface area contributed by atoms with Crippen LogP contribution in [-0.4, -0.2) is 18.5 Å². The Labute approximate surface area is 121 Å². The van der Waals surface area contributed by atoms with Gasteiger partial charge in [0.2, 0.25) is 0 Å². The Bertz CT molecular complexity index is 386. The molecule has 0 bridgehead atoms. The average molecular weight is 280 g/mol. The normalized spacial score (nSPS) is 12.3. The molecule has 0 heterocycles. The maximum atomic E-state index is 12.7. The van der Waals surface area contributed by atoms with Gasteiger partial charge in [-0.05, 0) is 37.6 Å². The number of hydrogen-bond acceptors (Lipinski definition) is 2. The molecule has 112 valence electrons. The molecule has 0 aliphatic carbocycles. The van der Waals surface area contributed by atoms with Gasteiger partial charge in [0.1, 0.15) is 5.82 Å². The van der Waals surface area contributed by atoms with Gasteiger partial charge in [0.25, 0.3) is 0 Å². The number of Topliss-reactive ketones (excluding diaryl/α,β-unsaturated/α-hetero) is 1. The summed E-state index contributed by atoms with van der Waals surface area (Å²) in [6, 6.07) is 5.66. The highest BCUT2D eigenvalue weighted by molar-refractivity contribution is 5.96. The molecule has 0 saturated heterocycles. The van der Waals surface area contributed by atoms with Crippen molar-refractivity contribution < 1.29 is 13.9 Å². The second kappa shape index (κ2) is 9.65. The average Bonchev–Trinajstić information content (AvgIpc) is 2.44. The van der Waals surface area contributed by atoms with Gasteiger partial charge in [-0.1, -0.05) is 32.6 Å². The fraction of sp³-hybridized carbons (Fsp3) is 0.588. The van der Waals surface area contributed by atoms with Crippen molar-refractivity contribution in [1.82, 2.24) is 0 Å². The maximum absolute atomic E-state index is 12.7. The zero-order valence-corrected chi connectivity index (χ0v) is 12.5. The van der Waals surface area contributed by atoms with E-state index in [2.05, 4.69) is 6.92 Å². The Morgan fingerprint density at radius 1 is 1.20 bits per heavy atom. The third-order valence-corrected chi connectivity index (χ3v) is 3.36. The largest absolute Gasteiger partial charge is 0.378 e. The molecule has 0 aliphatic heterocycles. The standard InChI is InChI=1S/C17H25FO2/c1-3-4-5-6-7-14(2)20-13-12-17(19)15-8-10-16(18)11-9-15/h8-11,14H,3-7,12-13H2,1-2H3. The predicted molar refractivity (Wildman–Crippen MR) is 79.5 cm³/mol. The fourth-order valence-corrected chi connectivity index (χ4v) is 2.07. The Morgan fingerprint density at radius 2 is 1.90 bits per heavy atom. The van der Waals surface area contributed by atoms with E-state index in [0.29, 0.717) is 18.6 Å². The zero-order valence-electron chi connectivity index (χ0n) is 12.5. The van der Waals surface area contributed by atoms with Crippen LogP contribution in [0.5, 0.6) is 0 Å². The van der Waals surface area contributed by atoms with Crippen LogP contribution in [0, 0.1) is 5.82 Å². The van der Waals surface area contributed by atoms with Crippen molar-refractivity contribution in [3.63, 3.8) is 0 Å². The van der Waals surface area contributed by atoms with Crippen molar-refractivity contribution in [1.29, 1.82) is 0 Å². The lowest BCUT2D eigenvalue weighted by Gasteiger charge is -2.12. The third-order valence-electron chi connectivity index (χ3n) is 3.36. The first-order chi connectivity index (χ1) is 9.63. The Hall–Kier alpha value is -1.22. The molecular weight excluding hydrogens is 255 g/mol. The summed E-state index contributed by atoms with van der Waals surface area (Å²) in [4.78, 5) is 11.8. The smallest absolute Gasteiger partial charge is 0.165 e. The minimum Gasteiger partial charge on any atom is -0.378 e. The number of unbranched alkanes of at least 4 members (excludes halogenated alkanes) is 3. The molecule has 1 rings (SSSR count). The van der Waals surface area contributed by atoms with E-state index < -0.39 is 0 Å². The van der Waals surface area contributed by atoms with Gasteiger partial charge in [0.05, 0.1) is 12.7 Å². The van der Waals surface area contributed by atoms with E-state index in [-0.39, 0.29) is 17.7 Å². The van der Waals surface area contributed by atoms with Gasteiger partial charge >= 0.3 is 0 Å². The quantitative estimate of drug-likeness (QED) is 0.455. The number of rotatable bonds is 10. The molecule has 0 radical (unpaired) electrons. The van der Waals surface area contributed by atoms with Gasteiger partial charge in [-0.2, -0.15) is 0 Å². The molecule has 0 amide bonds. The number of halogens is 1. The lowest BCUT2D eigenvalue weighted by molar-refractivity contribution is 0.0532. The molecule has 0 fully saturated rings. The van der Waals surface area contributed by atoms with Gasteiger partial charge in [0, 0.05) is 12.0 Å². The van der Waals surface area contributed by atoms with Crippen LogP contribution >= 0.6 is 0 Å². The van der Waals surface area contributed by atoms with Gasteiger partial charge in [-0.3, -0.25) is 4.79 Å². The molecule has 20 heavy (non-hydrogen) atoms. The Balaban J connectivity index is 2.16. The number of ketones is 1. The van der Waals surface area contributed by atoms with Gasteiger partial charge < -0.3 is 4.74 Å². The number of ether oxygens (including phenoxy) is 1. The molecular formula is C17H25FO2. The summed E-state index contributed by atoms with van der Waals surface area (Å²) in [5.41, 5.74) is 0.547. The van der Waals surface area contributed by atoms with Crippen molar-refractivity contribution in [2.24, 2.45) is 0 Å². The maximum Gasteiger partial charge on any atom is 0.165 e. The van der Waals surface area contributed by atoms with E-state index in [1.807, 2.05) is 6.92 Å². The molecule has 1 aromatic carbocycles. The predicted octanol–water partition coefficient (Wildman–Crippen LogP) is 4.77. The molecule has 1 unspecified atom stereocenters. The molecule has 0 aromatic heterocycles. The molecule has 0 spiro atoms. The van der Waals surface area contributed by atoms with Crippen molar-refractivity contribution in [3.8, 4) is 0 Å². The van der Waals surface area contributed by atoms with Crippen LogP contribution in [0.2, 0.25) is 0 Å². The van der Waals surface area contributed by atoms with Gasteiger partial charge in [0.15, 0.2) is 5.78 Å². The summed E-state index contributed by atoms with van der Waals surface area (Å²) in [6.45, 7) is 4.68. The van der Waals surface area contributed by atoms with Crippen LogP contribution in [0.3, 0.4) is 0 Å². The van der Waals surface area contributed by atoms with Crippen LogP contribution in [0.15, 0.2) is 24.3 Å². The van der Waals surface area contributed by atoms with Crippen molar-refractivity contribution in [2.45, 2.75) is 58.5 Å². The summed E-state index contributed by atoms with van der Waals surface area (Å²) in [5.74, 6) is -0.318. The van der Waals surface area contributed by atoms with Crippen molar-refractivity contribution in [3.05, 3.63) is 35.6 Å². The van der Waals surface area contributed by atoms with Crippen LogP contribution in [0.1, 0.15) is 62.7 Å². The Morgan fingerprint density at radius 3 is 2.55 bits per heavy atom. The van der Waals surface area contributed by atoms with Crippen LogP contribution in [0.25, 0.3) is 0 Å². The first-order valence-corrected chi connectivity index (χ1v) is 7.54. The number of carbonyl (C=O) groups excluding carboxylic acids is 1. The van der Waals surface area contributed by atoms with E-state index in [4.69, 9.17) is 4.74 Å². The topological polar surface area (TPSA) is 26.3 Å². The number of benzene rings is 1. The zero-order chi connectivity index (χ0) is 14.8. The van der Waals surface area contributed by atoms with Crippen LogP contribution < -0.4 is 0 Å². The molecule has 1 aromatic rings. The summed E-state index contributed by atoms with van der Waals surface area (Å²) in [5, 5.41) is 0. The van der Waals surface area contributed by atoms with E-state index in [1.54, 1.807) is 0 Å². The molecule has 0 aliphatic rings. The second-order valence-electron chi connectivity index (χ2n) is 5.21. The van der Waals surface area contributed by atoms with Gasteiger partial charge in [-0.15, -0.1) is 0 Å². The van der Waals surface area contributed by atoms with E-state index in [0.717, 1.165) is 6.42 Å². The SMILES string of the molecule is CCCCCCC(C)OCCC(=O)c1ccc(F)cc1. The lowest BCUT2D eigenvalue weighted by atomic mass is 10.1. The molecule has 0 saturated carbocycles. The Kier molecular flexibility index (Phi) is 8.12. The number of carbonyl (C=O) groups is 1. The number of hydrogen-bond donors (Lipinski definition) is 0. The third kappa shape index (κ3) is 6.80. The second-order valence-corrected chi connectivity index (χ2v) is 5.21. The van der Waals surface area contributed by atoms with E-state index in [1.165, 1.54) is 49.9 Å². The summed E-state index contributed by atoms with van der Waals surface area (Å²) >= 11 is 0. The van der Waals surface area contributed by atoms with Crippen molar-refractivity contribution in [2.75, 3.05) is 6.61 Å². The molecule has 2 nitrogen and oxygen atoms in total. The minimum atomic E-state index is -0.321. The van der Waals surface area contributed by atoms with Crippen LogP contribution in [0.4, 0.5) is 4.39 Å². The summed E-state index contributed by atoms with van der Waals surface area (Å²) in [6.07, 6.45) is 6.54. The molecule has 3 heteroatoms. The van der Waals surface area contributed by atoms with E-state index >= 15 is 0 Å². The summed E-state index contributed by atoms with van der Waals surface area (Å²) < 4.78 is 18.4. The fourth-order valence-electron chi connectivity index (χ4n) is 2.07. The lowest BCUT2D eigenvalue weighted by Crippen LogP contribution is -2.12. The van der Waals surface area contributed by atoms with Gasteiger partial charge in [-0.25, -0.2) is 4.39 Å². The highest BCUT2D eigenvalue weighted by Gasteiger charge is 2.07. The van der Waals surface area contributed by atoms with Crippen molar-refractivity contribution >= 4 is 5.78 Å². The first kappa shape index (κ1) is 16.8. The molecule has 0 N–H and O–H groups in total. The first-order valence-electron chi connectivity index (χ1n) is 7.54. The monoisotopic (exact) mass is 280 g/mol. The highest BCUT2D eigenvalue weighted by Crippen LogP contribution is 2.10. The molecule has 1 atom stereocenters. The van der Waals surface area contributed by atoms with Crippen LogP contribution in [-0.2, 0) is 4.74 Å².